The number of benzene rings is 1. The molecule has 1 N–H and O–H groups in total. The van der Waals surface area contributed by atoms with Crippen LogP contribution in [-0.2, 0) is 0 Å². The van der Waals surface area contributed by atoms with Crippen LogP contribution in [0.5, 0.6) is 5.75 Å². The van der Waals surface area contributed by atoms with E-state index in [2.05, 4.69) is 20.9 Å². The fraction of sp³-hybridized carbons (Fsp3) is 0.318. The zero-order valence-corrected chi connectivity index (χ0v) is 16.2. The summed E-state index contributed by atoms with van der Waals surface area (Å²) in [5.41, 5.74) is 2.93. The van der Waals surface area contributed by atoms with Crippen LogP contribution in [0.25, 0.3) is 11.0 Å². The highest BCUT2D eigenvalue weighted by atomic mass is 16.5. The van der Waals surface area contributed by atoms with E-state index in [0.29, 0.717) is 17.7 Å². The second-order valence-electron chi connectivity index (χ2n) is 7.71. The topological polar surface area (TPSA) is 85.2 Å². The number of anilines is 1. The van der Waals surface area contributed by atoms with Gasteiger partial charge >= 0.3 is 0 Å². The predicted octanol–water partition coefficient (Wildman–Crippen LogP) is 2.94. The Hall–Kier alpha value is -3.53. The second-order valence-corrected chi connectivity index (χ2v) is 7.71. The maximum atomic E-state index is 13.2. The average molecular weight is 387 g/mol. The van der Waals surface area contributed by atoms with Gasteiger partial charge in [-0.15, -0.1) is 0 Å². The number of nitriles is 1. The van der Waals surface area contributed by atoms with Crippen LogP contribution in [0.2, 0.25) is 0 Å². The van der Waals surface area contributed by atoms with Gasteiger partial charge in [-0.25, -0.2) is 4.98 Å². The third-order valence-electron chi connectivity index (χ3n) is 6.05. The Labute approximate surface area is 168 Å². The summed E-state index contributed by atoms with van der Waals surface area (Å²) in [6, 6.07) is 11.0. The number of nitrogens with zero attached hydrogens (tertiary/aromatic N) is 4. The maximum Gasteiger partial charge on any atom is 0.254 e. The number of amides is 1. The number of methoxy groups -OCH3 is 1. The van der Waals surface area contributed by atoms with Crippen molar-refractivity contribution in [3.8, 4) is 11.8 Å². The number of rotatable bonds is 3. The lowest BCUT2D eigenvalue weighted by Gasteiger charge is -2.43. The first-order valence-corrected chi connectivity index (χ1v) is 9.72. The van der Waals surface area contributed by atoms with Crippen molar-refractivity contribution in [2.24, 2.45) is 0 Å². The van der Waals surface area contributed by atoms with Crippen molar-refractivity contribution in [3.05, 3.63) is 53.9 Å². The molecule has 7 nitrogen and oxygen atoms in total. The molecule has 2 aromatic heterocycles. The second kappa shape index (κ2) is 6.52. The highest BCUT2D eigenvalue weighted by molar-refractivity contribution is 5.96. The number of aromatic amines is 1. The van der Waals surface area contributed by atoms with Gasteiger partial charge in [0.05, 0.1) is 36.2 Å². The first-order valence-electron chi connectivity index (χ1n) is 9.72. The van der Waals surface area contributed by atoms with Gasteiger partial charge in [0.25, 0.3) is 5.91 Å². The molecule has 1 aromatic carbocycles. The Morgan fingerprint density at radius 2 is 2.03 bits per heavy atom. The van der Waals surface area contributed by atoms with Crippen molar-refractivity contribution in [2.75, 3.05) is 31.6 Å². The largest absolute Gasteiger partial charge is 0.493 e. The van der Waals surface area contributed by atoms with Crippen molar-refractivity contribution < 1.29 is 9.53 Å². The molecule has 1 spiro atoms. The van der Waals surface area contributed by atoms with Crippen LogP contribution in [0.3, 0.4) is 0 Å². The Balaban J connectivity index is 1.44. The minimum absolute atomic E-state index is 0.0418. The molecule has 0 radical (unpaired) electrons. The van der Waals surface area contributed by atoms with E-state index in [1.54, 1.807) is 37.6 Å². The Morgan fingerprint density at radius 3 is 2.72 bits per heavy atom. The fourth-order valence-corrected chi connectivity index (χ4v) is 4.35. The van der Waals surface area contributed by atoms with Gasteiger partial charge in [0.2, 0.25) is 0 Å². The van der Waals surface area contributed by atoms with E-state index < -0.39 is 0 Å². The van der Waals surface area contributed by atoms with Crippen LogP contribution in [-0.4, -0.2) is 53.1 Å². The molecular formula is C22H21N5O2. The zero-order valence-electron chi connectivity index (χ0n) is 16.2. The summed E-state index contributed by atoms with van der Waals surface area (Å²) < 4.78 is 5.61. The molecule has 0 atom stereocenters. The van der Waals surface area contributed by atoms with Crippen LogP contribution >= 0.6 is 0 Å². The molecule has 0 bridgehead atoms. The first-order chi connectivity index (χ1) is 14.1. The van der Waals surface area contributed by atoms with Crippen LogP contribution in [0.4, 0.5) is 5.69 Å². The molecule has 2 fully saturated rings. The van der Waals surface area contributed by atoms with Crippen LogP contribution in [0, 0.1) is 11.3 Å². The molecular weight excluding hydrogens is 366 g/mol. The molecule has 1 saturated heterocycles. The molecule has 1 aliphatic carbocycles. The molecule has 29 heavy (non-hydrogen) atoms. The fourth-order valence-electron chi connectivity index (χ4n) is 4.35. The summed E-state index contributed by atoms with van der Waals surface area (Å²) in [5, 5.41) is 10.0. The van der Waals surface area contributed by atoms with Gasteiger partial charge in [0.15, 0.2) is 5.75 Å². The first kappa shape index (κ1) is 17.6. The lowest BCUT2D eigenvalue weighted by Crippen LogP contribution is -2.57. The summed E-state index contributed by atoms with van der Waals surface area (Å²) in [6.45, 7) is 2.15. The molecule has 1 saturated carbocycles. The number of pyridine rings is 1. The number of ether oxygens (including phenoxy) is 1. The summed E-state index contributed by atoms with van der Waals surface area (Å²) in [6.07, 6.45) is 5.63. The summed E-state index contributed by atoms with van der Waals surface area (Å²) in [7, 11) is 1.66. The monoisotopic (exact) mass is 387 g/mol. The third kappa shape index (κ3) is 2.80. The molecule has 3 heterocycles. The van der Waals surface area contributed by atoms with Crippen LogP contribution < -0.4 is 9.64 Å². The number of hydrogen-bond donors (Lipinski definition) is 1. The molecule has 146 valence electrons. The van der Waals surface area contributed by atoms with E-state index in [9.17, 15) is 4.79 Å². The van der Waals surface area contributed by atoms with Gasteiger partial charge in [-0.1, -0.05) is 0 Å². The van der Waals surface area contributed by atoms with E-state index in [1.165, 1.54) is 0 Å². The van der Waals surface area contributed by atoms with Gasteiger partial charge in [-0.05, 0) is 43.2 Å². The van der Waals surface area contributed by atoms with Gasteiger partial charge < -0.3 is 19.5 Å². The van der Waals surface area contributed by atoms with Crippen molar-refractivity contribution in [1.82, 2.24) is 14.9 Å². The van der Waals surface area contributed by atoms with Crippen molar-refractivity contribution in [1.29, 1.82) is 5.26 Å². The summed E-state index contributed by atoms with van der Waals surface area (Å²) in [4.78, 5) is 25.1. The average Bonchev–Trinajstić information content (AvgIpc) is 3.35. The number of H-pyrrole nitrogens is 1. The Morgan fingerprint density at radius 1 is 1.24 bits per heavy atom. The van der Waals surface area contributed by atoms with Gasteiger partial charge in [-0.2, -0.15) is 5.26 Å². The maximum absolute atomic E-state index is 13.2. The smallest absolute Gasteiger partial charge is 0.254 e. The number of nitrogens with one attached hydrogen (secondary N) is 1. The SMILES string of the molecule is COc1cnc2[nH]ccc2c1N1CCN(C(=O)c2ccc(C#N)cc2)C2(CC2)C1. The van der Waals surface area contributed by atoms with E-state index in [0.717, 1.165) is 48.4 Å². The van der Waals surface area contributed by atoms with E-state index in [4.69, 9.17) is 10.00 Å². The summed E-state index contributed by atoms with van der Waals surface area (Å²) in [5.74, 6) is 0.792. The van der Waals surface area contributed by atoms with E-state index in [1.807, 2.05) is 17.2 Å². The minimum Gasteiger partial charge on any atom is -0.493 e. The molecule has 1 aliphatic heterocycles. The normalized spacial score (nSPS) is 17.4. The van der Waals surface area contributed by atoms with Gasteiger partial charge in [-0.3, -0.25) is 4.79 Å². The number of hydrogen-bond acceptors (Lipinski definition) is 5. The standard InChI is InChI=1S/C22H21N5O2/c1-29-18-13-25-20-17(6-9-24-20)19(18)26-10-11-27(22(14-26)7-8-22)21(28)16-4-2-15(12-23)3-5-16/h2-6,9,13H,7-8,10-11,14H2,1H3,(H,24,25). The lowest BCUT2D eigenvalue weighted by atomic mass is 10.0. The minimum atomic E-state index is -0.139. The third-order valence-corrected chi connectivity index (χ3v) is 6.05. The van der Waals surface area contributed by atoms with E-state index in [-0.39, 0.29) is 11.4 Å². The number of piperazine rings is 1. The van der Waals surface area contributed by atoms with Crippen molar-refractivity contribution in [3.63, 3.8) is 0 Å². The highest BCUT2D eigenvalue weighted by Gasteiger charge is 2.53. The number of carbonyl (C=O) groups excluding carboxylic acids is 1. The predicted molar refractivity (Wildman–Crippen MR) is 109 cm³/mol. The Bertz CT molecular complexity index is 1120. The van der Waals surface area contributed by atoms with Crippen molar-refractivity contribution >= 4 is 22.6 Å². The van der Waals surface area contributed by atoms with Gasteiger partial charge in [0.1, 0.15) is 5.65 Å². The highest BCUT2D eigenvalue weighted by Crippen LogP contribution is 2.47. The number of fused-ring (bicyclic) bond motifs is 1. The molecule has 0 unspecified atom stereocenters. The molecule has 3 aromatic rings. The van der Waals surface area contributed by atoms with Gasteiger partial charge in [0, 0.05) is 36.8 Å². The molecule has 5 rings (SSSR count). The van der Waals surface area contributed by atoms with Crippen LogP contribution in [0.1, 0.15) is 28.8 Å². The molecule has 7 heteroatoms. The van der Waals surface area contributed by atoms with Crippen molar-refractivity contribution in [2.45, 2.75) is 18.4 Å². The zero-order chi connectivity index (χ0) is 20.0. The van der Waals surface area contributed by atoms with E-state index >= 15 is 0 Å². The number of aromatic nitrogens is 2. The molecule has 2 aliphatic rings. The lowest BCUT2D eigenvalue weighted by molar-refractivity contribution is 0.0624. The quantitative estimate of drug-likeness (QED) is 0.747. The number of carbonyl (C=O) groups is 1. The molecule has 1 amide bonds. The Kier molecular flexibility index (Phi) is 3.95. The van der Waals surface area contributed by atoms with Crippen LogP contribution in [0.15, 0.2) is 42.7 Å². The summed E-state index contributed by atoms with van der Waals surface area (Å²) >= 11 is 0.